The highest BCUT2D eigenvalue weighted by Crippen LogP contribution is 2.34. The van der Waals surface area contributed by atoms with Crippen molar-refractivity contribution in [1.29, 1.82) is 0 Å². The number of benzene rings is 3. The Balaban J connectivity index is 1.38. The summed E-state index contributed by atoms with van der Waals surface area (Å²) in [6.07, 6.45) is 8.07. The lowest BCUT2D eigenvalue weighted by Gasteiger charge is -2.26. The number of hydrogen-bond acceptors (Lipinski definition) is 4. The van der Waals surface area contributed by atoms with Crippen LogP contribution in [0.15, 0.2) is 77.7 Å². The van der Waals surface area contributed by atoms with E-state index in [1.54, 1.807) is 47.4 Å². The fraction of sp³-hybridized carbons (Fsp3) is 0.355. The van der Waals surface area contributed by atoms with Crippen LogP contribution in [0.5, 0.6) is 0 Å². The molecule has 0 aliphatic heterocycles. The molecular weight excluding hydrogens is 510 g/mol. The Hall–Kier alpha value is -3.65. The summed E-state index contributed by atoms with van der Waals surface area (Å²) in [6.45, 7) is 0.257. The smallest absolute Gasteiger partial charge is 0.326 e. The van der Waals surface area contributed by atoms with Crippen molar-refractivity contribution in [3.05, 3.63) is 89.5 Å². The highest BCUT2D eigenvalue weighted by atomic mass is 32.2. The minimum Gasteiger partial charge on any atom is -0.366 e. The maximum atomic E-state index is 13.6. The summed E-state index contributed by atoms with van der Waals surface area (Å²) in [7, 11) is -3.41. The fourth-order valence-corrected chi connectivity index (χ4v) is 6.99. The third-order valence-electron chi connectivity index (χ3n) is 7.70. The Morgan fingerprint density at radius 3 is 2.21 bits per heavy atom. The van der Waals surface area contributed by atoms with E-state index in [9.17, 15) is 18.0 Å². The van der Waals surface area contributed by atoms with E-state index in [1.807, 2.05) is 12.1 Å². The van der Waals surface area contributed by atoms with Crippen molar-refractivity contribution >= 4 is 33.2 Å². The summed E-state index contributed by atoms with van der Waals surface area (Å²) < 4.78 is 25.6. The number of rotatable bonds is 9. The highest BCUT2D eigenvalue weighted by Gasteiger charge is 2.29. The molecule has 2 saturated carbocycles. The van der Waals surface area contributed by atoms with Gasteiger partial charge in [-0.2, -0.15) is 0 Å². The topological polar surface area (TPSA) is 110 Å². The van der Waals surface area contributed by atoms with E-state index in [1.165, 1.54) is 43.7 Å². The zero-order valence-corrected chi connectivity index (χ0v) is 22.8. The van der Waals surface area contributed by atoms with Crippen LogP contribution < -0.4 is 16.0 Å². The van der Waals surface area contributed by atoms with Gasteiger partial charge in [0.1, 0.15) is 0 Å². The monoisotopic (exact) mass is 545 g/mol. The summed E-state index contributed by atoms with van der Waals surface area (Å²) in [5.74, 6) is 0.425. The van der Waals surface area contributed by atoms with Gasteiger partial charge < -0.3 is 11.1 Å². The molecule has 3 amide bonds. The van der Waals surface area contributed by atoms with E-state index in [-0.39, 0.29) is 29.1 Å². The molecule has 0 saturated heterocycles. The Bertz CT molecular complexity index is 1430. The number of primary amides is 1. The van der Waals surface area contributed by atoms with Crippen molar-refractivity contribution in [1.82, 2.24) is 0 Å². The number of hydrogen-bond donors (Lipinski definition) is 2. The van der Waals surface area contributed by atoms with Gasteiger partial charge in [-0.05, 0) is 91.1 Å². The van der Waals surface area contributed by atoms with Gasteiger partial charge in [-0.15, -0.1) is 0 Å². The number of amides is 3. The van der Waals surface area contributed by atoms with E-state index in [2.05, 4.69) is 17.4 Å². The van der Waals surface area contributed by atoms with Crippen LogP contribution >= 0.6 is 0 Å². The lowest BCUT2D eigenvalue weighted by Crippen LogP contribution is -2.34. The van der Waals surface area contributed by atoms with Crippen LogP contribution in [0.2, 0.25) is 0 Å². The van der Waals surface area contributed by atoms with Crippen LogP contribution in [0.4, 0.5) is 16.2 Å². The van der Waals surface area contributed by atoms with Gasteiger partial charge in [-0.1, -0.05) is 49.6 Å². The fourth-order valence-electron chi connectivity index (χ4n) is 5.25. The second kappa shape index (κ2) is 11.6. The SMILES string of the molecule is NC(=O)c1ccc(CN(C(=O)Nc2cccc(S(=O)(=O)CC3CC3)c2)c2ccc(C3CCCCC3)cc2)cc1. The standard InChI is InChI=1S/C31H35N3O4S/c32-30(35)26-13-11-22(12-14-26)20-34(28-17-15-25(16-18-28)24-5-2-1-3-6-24)31(36)33-27-7-4-8-29(19-27)39(37,38)21-23-9-10-23/h4,7-8,11-19,23-24H,1-3,5-6,9-10,20-21H2,(H2,32,35)(H,33,36). The van der Waals surface area contributed by atoms with Gasteiger partial charge in [0.05, 0.1) is 17.2 Å². The Kier molecular flexibility index (Phi) is 8.02. The number of anilines is 2. The first kappa shape index (κ1) is 26.9. The third-order valence-corrected chi connectivity index (χ3v) is 9.58. The maximum Gasteiger partial charge on any atom is 0.326 e. The molecule has 2 fully saturated rings. The molecule has 2 aliphatic rings. The lowest BCUT2D eigenvalue weighted by atomic mass is 9.84. The van der Waals surface area contributed by atoms with Crippen LogP contribution in [0, 0.1) is 5.92 Å². The van der Waals surface area contributed by atoms with Gasteiger partial charge in [0.15, 0.2) is 9.84 Å². The van der Waals surface area contributed by atoms with Crippen molar-refractivity contribution in [2.24, 2.45) is 11.7 Å². The van der Waals surface area contributed by atoms with Gasteiger partial charge in [-0.3, -0.25) is 9.69 Å². The average molecular weight is 546 g/mol. The molecule has 0 aromatic heterocycles. The first-order valence-electron chi connectivity index (χ1n) is 13.7. The van der Waals surface area contributed by atoms with Gasteiger partial charge in [0.25, 0.3) is 0 Å². The molecule has 2 aliphatic carbocycles. The molecule has 5 rings (SSSR count). The molecule has 0 heterocycles. The second-order valence-electron chi connectivity index (χ2n) is 10.8. The number of carbonyl (C=O) groups excluding carboxylic acids is 2. The Morgan fingerprint density at radius 2 is 1.56 bits per heavy atom. The average Bonchev–Trinajstić information content (AvgIpc) is 3.76. The normalized spacial score (nSPS) is 16.0. The number of carbonyl (C=O) groups is 2. The molecule has 39 heavy (non-hydrogen) atoms. The van der Waals surface area contributed by atoms with E-state index >= 15 is 0 Å². The molecule has 3 aromatic rings. The molecule has 0 unspecified atom stereocenters. The van der Waals surface area contributed by atoms with Crippen LogP contribution in [-0.2, 0) is 16.4 Å². The lowest BCUT2D eigenvalue weighted by molar-refractivity contribution is 0.1000. The second-order valence-corrected chi connectivity index (χ2v) is 12.8. The minimum absolute atomic E-state index is 0.144. The number of sulfone groups is 1. The van der Waals surface area contributed by atoms with Gasteiger partial charge in [-0.25, -0.2) is 13.2 Å². The van der Waals surface area contributed by atoms with Crippen molar-refractivity contribution in [2.45, 2.75) is 62.3 Å². The minimum atomic E-state index is -3.41. The maximum absolute atomic E-state index is 13.6. The van der Waals surface area contributed by atoms with Gasteiger partial charge in [0.2, 0.25) is 5.91 Å². The first-order chi connectivity index (χ1) is 18.8. The largest absolute Gasteiger partial charge is 0.366 e. The zero-order valence-electron chi connectivity index (χ0n) is 22.0. The van der Waals surface area contributed by atoms with Gasteiger partial charge >= 0.3 is 6.03 Å². The molecule has 3 N–H and O–H groups in total. The van der Waals surface area contributed by atoms with Crippen molar-refractivity contribution in [3.8, 4) is 0 Å². The zero-order chi connectivity index (χ0) is 27.4. The van der Waals surface area contributed by atoms with Gasteiger partial charge in [0, 0.05) is 16.9 Å². The van der Waals surface area contributed by atoms with E-state index in [0.29, 0.717) is 17.2 Å². The molecule has 3 aromatic carbocycles. The molecule has 0 bridgehead atoms. The summed E-state index contributed by atoms with van der Waals surface area (Å²) in [6, 6.07) is 21.1. The summed E-state index contributed by atoms with van der Waals surface area (Å²) in [5.41, 5.74) is 9.04. The van der Waals surface area contributed by atoms with E-state index in [0.717, 1.165) is 24.1 Å². The number of nitrogens with two attached hydrogens (primary N) is 1. The molecule has 0 radical (unpaired) electrons. The molecule has 204 valence electrons. The van der Waals surface area contributed by atoms with Crippen molar-refractivity contribution in [3.63, 3.8) is 0 Å². The third kappa shape index (κ3) is 6.87. The molecule has 8 heteroatoms. The highest BCUT2D eigenvalue weighted by molar-refractivity contribution is 7.91. The number of nitrogens with one attached hydrogen (secondary N) is 1. The van der Waals surface area contributed by atoms with Crippen molar-refractivity contribution < 1.29 is 18.0 Å². The van der Waals surface area contributed by atoms with Crippen LogP contribution in [0.1, 0.15) is 72.3 Å². The summed E-state index contributed by atoms with van der Waals surface area (Å²) in [4.78, 5) is 27.0. The number of urea groups is 1. The first-order valence-corrected chi connectivity index (χ1v) is 15.3. The van der Waals surface area contributed by atoms with E-state index < -0.39 is 15.7 Å². The quantitative estimate of drug-likeness (QED) is 0.331. The molecule has 0 atom stereocenters. The Labute approximate surface area is 230 Å². The van der Waals surface area contributed by atoms with Crippen LogP contribution in [0.3, 0.4) is 0 Å². The van der Waals surface area contributed by atoms with E-state index in [4.69, 9.17) is 5.73 Å². The summed E-state index contributed by atoms with van der Waals surface area (Å²) in [5, 5.41) is 2.90. The Morgan fingerprint density at radius 1 is 0.872 bits per heavy atom. The number of nitrogens with zero attached hydrogens (tertiary/aromatic N) is 1. The predicted molar refractivity (Wildman–Crippen MR) is 154 cm³/mol. The van der Waals surface area contributed by atoms with Crippen molar-refractivity contribution in [2.75, 3.05) is 16.0 Å². The van der Waals surface area contributed by atoms with Crippen LogP contribution in [0.25, 0.3) is 0 Å². The predicted octanol–water partition coefficient (Wildman–Crippen LogP) is 6.26. The molecule has 7 nitrogen and oxygen atoms in total. The van der Waals surface area contributed by atoms with Crippen LogP contribution in [-0.4, -0.2) is 26.1 Å². The molecular formula is C31H35N3O4S. The molecule has 0 spiro atoms. The summed E-state index contributed by atoms with van der Waals surface area (Å²) >= 11 is 0.